The zero-order chi connectivity index (χ0) is 17.9. The Kier molecular flexibility index (Phi) is 3.13. The minimum Gasteiger partial charge on any atom is -0.0995 e. The molecule has 0 bridgehead atoms. The van der Waals surface area contributed by atoms with Gasteiger partial charge in [-0.05, 0) is 29.2 Å². The first-order valence-electron chi connectivity index (χ1n) is 9.48. The van der Waals surface area contributed by atoms with E-state index >= 15 is 0 Å². The fourth-order valence-electron chi connectivity index (χ4n) is 6.20. The van der Waals surface area contributed by atoms with Gasteiger partial charge in [0.05, 0.1) is 0 Å². The molecule has 0 spiro atoms. The van der Waals surface area contributed by atoms with E-state index in [-0.39, 0.29) is 10.8 Å². The van der Waals surface area contributed by atoms with Crippen LogP contribution in [-0.2, 0) is 10.8 Å². The maximum atomic E-state index is 4.44. The molecule has 3 aromatic carbocycles. The summed E-state index contributed by atoms with van der Waals surface area (Å²) in [5, 5.41) is 0. The van der Waals surface area contributed by atoms with Gasteiger partial charge in [-0.25, -0.2) is 0 Å². The molecule has 0 N–H and O–H groups in total. The lowest BCUT2D eigenvalue weighted by atomic mass is 9.74. The molecule has 0 radical (unpaired) electrons. The fraction of sp³-hybridized carbons (Fsp3) is 0.231. The summed E-state index contributed by atoms with van der Waals surface area (Å²) in [6.07, 6.45) is 0. The Balaban J connectivity index is 1.84. The van der Waals surface area contributed by atoms with Crippen molar-refractivity contribution in [2.75, 3.05) is 0 Å². The lowest BCUT2D eigenvalue weighted by molar-refractivity contribution is 0.548. The smallest absolute Gasteiger partial charge is 0.0236 e. The van der Waals surface area contributed by atoms with Crippen molar-refractivity contribution in [1.29, 1.82) is 0 Å². The van der Waals surface area contributed by atoms with Crippen LogP contribution in [0.15, 0.2) is 97.1 Å². The van der Waals surface area contributed by atoms with Crippen molar-refractivity contribution in [3.05, 3.63) is 119 Å². The first-order chi connectivity index (χ1) is 12.6. The number of hydrogen-bond acceptors (Lipinski definition) is 0. The molecule has 0 unspecified atom stereocenters. The average molecular weight is 336 g/mol. The molecule has 0 heterocycles. The number of fused-ring (bicyclic) bond motifs is 3. The van der Waals surface area contributed by atoms with Gasteiger partial charge in [0.15, 0.2) is 0 Å². The Bertz CT molecular complexity index is 985. The van der Waals surface area contributed by atoms with E-state index < -0.39 is 0 Å². The van der Waals surface area contributed by atoms with Crippen molar-refractivity contribution in [2.24, 2.45) is 0 Å². The van der Waals surface area contributed by atoms with Gasteiger partial charge in [-0.2, -0.15) is 0 Å². The summed E-state index contributed by atoms with van der Waals surface area (Å²) >= 11 is 0. The Labute approximate surface area is 156 Å². The van der Waals surface area contributed by atoms with E-state index in [1.165, 1.54) is 27.8 Å². The van der Waals surface area contributed by atoms with Crippen molar-refractivity contribution >= 4 is 0 Å². The molecule has 1 saturated carbocycles. The van der Waals surface area contributed by atoms with Crippen LogP contribution in [0.2, 0.25) is 0 Å². The van der Waals surface area contributed by atoms with Crippen molar-refractivity contribution in [1.82, 2.24) is 0 Å². The molecule has 128 valence electrons. The fourth-order valence-corrected chi connectivity index (χ4v) is 6.20. The molecular formula is C26H24. The number of benzene rings is 3. The monoisotopic (exact) mass is 336 g/mol. The number of allylic oxidation sites excluding steroid dienone is 1. The zero-order valence-corrected chi connectivity index (χ0v) is 15.4. The SMILES string of the molecule is C=C(C)[C@H]1c2ccccc2[C@]2(C)[C@H](c3ccccc3)[C@]12c1ccccc1. The molecule has 0 amide bonds. The minimum absolute atomic E-state index is 0.0606. The average Bonchev–Trinajstić information content (AvgIpc) is 3.15. The maximum absolute atomic E-state index is 4.44. The molecule has 2 aliphatic rings. The van der Waals surface area contributed by atoms with E-state index in [4.69, 9.17) is 0 Å². The molecule has 4 atom stereocenters. The normalized spacial score (nSPS) is 31.2. The lowest BCUT2D eigenvalue weighted by Gasteiger charge is -2.28. The van der Waals surface area contributed by atoms with E-state index in [1.807, 2.05) is 0 Å². The summed E-state index contributed by atoms with van der Waals surface area (Å²) in [5.41, 5.74) is 7.30. The second-order valence-corrected chi connectivity index (χ2v) is 8.15. The van der Waals surface area contributed by atoms with E-state index in [1.54, 1.807) is 0 Å². The summed E-state index contributed by atoms with van der Waals surface area (Å²) < 4.78 is 0. The molecule has 2 aliphatic carbocycles. The van der Waals surface area contributed by atoms with Crippen LogP contribution in [0.25, 0.3) is 0 Å². The van der Waals surface area contributed by atoms with E-state index in [0.29, 0.717) is 11.8 Å². The minimum atomic E-state index is 0.0606. The third-order valence-corrected chi connectivity index (χ3v) is 6.97. The maximum Gasteiger partial charge on any atom is 0.0236 e. The van der Waals surface area contributed by atoms with E-state index in [2.05, 4.69) is 105 Å². The van der Waals surface area contributed by atoms with Gasteiger partial charge < -0.3 is 0 Å². The molecule has 0 aromatic heterocycles. The summed E-state index contributed by atoms with van der Waals surface area (Å²) in [4.78, 5) is 0. The molecule has 26 heavy (non-hydrogen) atoms. The Morgan fingerprint density at radius 1 is 0.808 bits per heavy atom. The van der Waals surface area contributed by atoms with Gasteiger partial charge in [0.2, 0.25) is 0 Å². The van der Waals surface area contributed by atoms with Crippen LogP contribution in [0.1, 0.15) is 47.9 Å². The van der Waals surface area contributed by atoms with E-state index in [0.717, 1.165) is 0 Å². The zero-order valence-electron chi connectivity index (χ0n) is 15.4. The first kappa shape index (κ1) is 15.6. The summed E-state index contributed by atoms with van der Waals surface area (Å²) in [6.45, 7) is 9.12. The van der Waals surface area contributed by atoms with Crippen LogP contribution in [0.4, 0.5) is 0 Å². The predicted octanol–water partition coefficient (Wildman–Crippen LogP) is 6.35. The van der Waals surface area contributed by atoms with Crippen LogP contribution in [0.3, 0.4) is 0 Å². The Morgan fingerprint density at radius 3 is 2.04 bits per heavy atom. The summed E-state index contributed by atoms with van der Waals surface area (Å²) in [7, 11) is 0. The highest BCUT2D eigenvalue weighted by atomic mass is 14.8. The molecule has 3 aromatic rings. The molecule has 5 rings (SSSR count). The third-order valence-electron chi connectivity index (χ3n) is 6.97. The van der Waals surface area contributed by atoms with Crippen molar-refractivity contribution < 1.29 is 0 Å². The van der Waals surface area contributed by atoms with E-state index in [9.17, 15) is 0 Å². The largest absolute Gasteiger partial charge is 0.0995 e. The highest BCUT2D eigenvalue weighted by Gasteiger charge is 2.81. The topological polar surface area (TPSA) is 0 Å². The number of rotatable bonds is 3. The second-order valence-electron chi connectivity index (χ2n) is 8.15. The number of hydrogen-bond donors (Lipinski definition) is 0. The molecular weight excluding hydrogens is 312 g/mol. The van der Waals surface area contributed by atoms with Crippen molar-refractivity contribution in [3.63, 3.8) is 0 Å². The predicted molar refractivity (Wildman–Crippen MR) is 109 cm³/mol. The summed E-state index contributed by atoms with van der Waals surface area (Å²) in [5.74, 6) is 0.839. The lowest BCUT2D eigenvalue weighted by Crippen LogP contribution is -2.22. The molecule has 0 heteroatoms. The molecule has 0 saturated heterocycles. The standard InChI is InChI=1S/C26H24/c1-18(2)23-21-16-10-11-17-22(21)25(3)24(19-12-6-4-7-13-19)26(23,25)20-14-8-5-9-15-20/h4-17,23-24H,1H2,2-3H3/t23-,24-,25+,26-/m0/s1. The highest BCUT2D eigenvalue weighted by Crippen LogP contribution is 2.84. The third kappa shape index (κ3) is 1.65. The van der Waals surface area contributed by atoms with Crippen LogP contribution in [0.5, 0.6) is 0 Å². The van der Waals surface area contributed by atoms with Gasteiger partial charge in [-0.3, -0.25) is 0 Å². The van der Waals surface area contributed by atoms with Gasteiger partial charge in [0.1, 0.15) is 0 Å². The molecule has 1 fully saturated rings. The van der Waals surface area contributed by atoms with Gasteiger partial charge in [-0.15, -0.1) is 0 Å². The van der Waals surface area contributed by atoms with Gasteiger partial charge in [-0.1, -0.05) is 104 Å². The van der Waals surface area contributed by atoms with Crippen molar-refractivity contribution in [3.8, 4) is 0 Å². The Hall–Kier alpha value is -2.60. The molecule has 0 nitrogen and oxygen atoms in total. The van der Waals surface area contributed by atoms with Crippen LogP contribution >= 0.6 is 0 Å². The quantitative estimate of drug-likeness (QED) is 0.489. The van der Waals surface area contributed by atoms with Gasteiger partial charge >= 0.3 is 0 Å². The molecule has 0 aliphatic heterocycles. The first-order valence-corrected chi connectivity index (χ1v) is 9.48. The summed E-state index contributed by atoms with van der Waals surface area (Å²) in [6, 6.07) is 31.2. The van der Waals surface area contributed by atoms with Crippen LogP contribution in [0, 0.1) is 0 Å². The Morgan fingerprint density at radius 2 is 1.38 bits per heavy atom. The van der Waals surface area contributed by atoms with Gasteiger partial charge in [0, 0.05) is 22.7 Å². The second kappa shape index (κ2) is 5.20. The van der Waals surface area contributed by atoms with Crippen LogP contribution < -0.4 is 0 Å². The van der Waals surface area contributed by atoms with Crippen LogP contribution in [-0.4, -0.2) is 0 Å². The van der Waals surface area contributed by atoms with Crippen molar-refractivity contribution in [2.45, 2.75) is 36.5 Å². The van der Waals surface area contributed by atoms with Gasteiger partial charge in [0.25, 0.3) is 0 Å². The highest BCUT2D eigenvalue weighted by molar-refractivity contribution is 5.70.